The van der Waals surface area contributed by atoms with E-state index in [2.05, 4.69) is 0 Å². The Labute approximate surface area is 142 Å². The van der Waals surface area contributed by atoms with Crippen LogP contribution in [-0.2, 0) is 9.53 Å². The van der Waals surface area contributed by atoms with Crippen LogP contribution in [0, 0.1) is 20.2 Å². The minimum atomic E-state index is -0.807. The highest BCUT2D eigenvalue weighted by atomic mass is 16.6. The average molecular weight is 351 g/mol. The molecule has 0 bridgehead atoms. The Balaban J connectivity index is 2.34. The van der Waals surface area contributed by atoms with E-state index in [1.165, 1.54) is 4.90 Å². The molecular formula is C15H17N3O7. The number of hydrogen-bond acceptors (Lipinski definition) is 7. The molecule has 0 N–H and O–H groups in total. The number of rotatable bonds is 5. The minimum Gasteiger partial charge on any atom is -0.461 e. The van der Waals surface area contributed by atoms with E-state index in [0.717, 1.165) is 18.2 Å². The van der Waals surface area contributed by atoms with Crippen LogP contribution in [0.5, 0.6) is 0 Å². The van der Waals surface area contributed by atoms with Crippen LogP contribution in [0.1, 0.15) is 37.0 Å². The molecule has 1 aromatic rings. The van der Waals surface area contributed by atoms with Crippen molar-refractivity contribution in [1.29, 1.82) is 0 Å². The van der Waals surface area contributed by atoms with Crippen molar-refractivity contribution in [2.75, 3.05) is 6.54 Å². The second kappa shape index (κ2) is 7.24. The van der Waals surface area contributed by atoms with Gasteiger partial charge in [0, 0.05) is 18.7 Å². The lowest BCUT2D eigenvalue weighted by Crippen LogP contribution is -2.42. The Kier molecular flexibility index (Phi) is 5.30. The molecule has 1 heterocycles. The second-order valence-corrected chi connectivity index (χ2v) is 5.89. The molecule has 0 spiro atoms. The predicted octanol–water partition coefficient (Wildman–Crippen LogP) is 2.06. The van der Waals surface area contributed by atoms with Crippen molar-refractivity contribution in [3.05, 3.63) is 44.0 Å². The molecular weight excluding hydrogens is 334 g/mol. The summed E-state index contributed by atoms with van der Waals surface area (Å²) in [5.74, 6) is -1.23. The first-order valence-electron chi connectivity index (χ1n) is 7.66. The molecule has 1 fully saturated rings. The van der Waals surface area contributed by atoms with Crippen LogP contribution in [0.2, 0.25) is 0 Å². The molecule has 2 rings (SSSR count). The Bertz CT molecular complexity index is 700. The van der Waals surface area contributed by atoms with Crippen molar-refractivity contribution in [3.63, 3.8) is 0 Å². The van der Waals surface area contributed by atoms with Gasteiger partial charge in [0.15, 0.2) is 0 Å². The summed E-state index contributed by atoms with van der Waals surface area (Å²) in [5, 5.41) is 21.9. The lowest BCUT2D eigenvalue weighted by molar-refractivity contribution is -0.394. The summed E-state index contributed by atoms with van der Waals surface area (Å²) in [6, 6.07) is 1.93. The number of carbonyl (C=O) groups excluding carboxylic acids is 2. The molecule has 10 heteroatoms. The van der Waals surface area contributed by atoms with Crippen molar-refractivity contribution >= 4 is 23.3 Å². The van der Waals surface area contributed by atoms with Gasteiger partial charge in [-0.3, -0.25) is 25.0 Å². The Morgan fingerprint density at radius 1 is 1.16 bits per heavy atom. The average Bonchev–Trinajstić information content (AvgIpc) is 3.02. The fourth-order valence-electron chi connectivity index (χ4n) is 2.66. The molecule has 1 saturated heterocycles. The largest absolute Gasteiger partial charge is 0.461 e. The molecule has 1 amide bonds. The van der Waals surface area contributed by atoms with Gasteiger partial charge in [-0.1, -0.05) is 0 Å². The first kappa shape index (κ1) is 18.3. The second-order valence-electron chi connectivity index (χ2n) is 5.89. The van der Waals surface area contributed by atoms with Gasteiger partial charge in [0.1, 0.15) is 6.04 Å². The number of nitro groups is 2. The first-order valence-corrected chi connectivity index (χ1v) is 7.66. The molecule has 10 nitrogen and oxygen atoms in total. The zero-order chi connectivity index (χ0) is 18.7. The normalized spacial score (nSPS) is 16.8. The van der Waals surface area contributed by atoms with Crippen molar-refractivity contribution in [3.8, 4) is 0 Å². The topological polar surface area (TPSA) is 133 Å². The van der Waals surface area contributed by atoms with Gasteiger partial charge in [-0.25, -0.2) is 4.79 Å². The number of carbonyl (C=O) groups is 2. The third-order valence-corrected chi connectivity index (χ3v) is 3.71. The number of hydrogen-bond donors (Lipinski definition) is 0. The van der Waals surface area contributed by atoms with Gasteiger partial charge in [0.2, 0.25) is 0 Å². The fraction of sp³-hybridized carbons (Fsp3) is 0.467. The molecule has 1 aromatic carbocycles. The van der Waals surface area contributed by atoms with Gasteiger partial charge in [0.25, 0.3) is 17.3 Å². The summed E-state index contributed by atoms with van der Waals surface area (Å²) in [7, 11) is 0. The van der Waals surface area contributed by atoms with E-state index in [-0.39, 0.29) is 18.2 Å². The molecule has 0 aliphatic carbocycles. The number of benzene rings is 1. The maximum Gasteiger partial charge on any atom is 0.329 e. The highest BCUT2D eigenvalue weighted by molar-refractivity contribution is 5.98. The van der Waals surface area contributed by atoms with Crippen molar-refractivity contribution in [2.45, 2.75) is 38.8 Å². The van der Waals surface area contributed by atoms with Crippen LogP contribution in [0.3, 0.4) is 0 Å². The molecule has 0 aromatic heterocycles. The monoisotopic (exact) mass is 351 g/mol. The zero-order valence-corrected chi connectivity index (χ0v) is 13.7. The highest BCUT2D eigenvalue weighted by Gasteiger charge is 2.37. The Morgan fingerprint density at radius 3 is 2.20 bits per heavy atom. The molecule has 0 saturated carbocycles. The smallest absolute Gasteiger partial charge is 0.329 e. The Hall–Kier alpha value is -3.04. The van der Waals surface area contributed by atoms with Crippen LogP contribution in [0.15, 0.2) is 18.2 Å². The molecule has 1 aliphatic rings. The molecule has 134 valence electrons. The maximum absolute atomic E-state index is 12.7. The summed E-state index contributed by atoms with van der Waals surface area (Å²) in [6.45, 7) is 3.64. The molecule has 1 unspecified atom stereocenters. The van der Waals surface area contributed by atoms with Crippen LogP contribution < -0.4 is 0 Å². The van der Waals surface area contributed by atoms with E-state index in [9.17, 15) is 29.8 Å². The number of non-ortho nitro benzene ring substituents is 2. The molecule has 1 atom stereocenters. The number of likely N-dealkylation sites (tertiary alicyclic amines) is 1. The van der Waals surface area contributed by atoms with Gasteiger partial charge < -0.3 is 9.64 Å². The van der Waals surface area contributed by atoms with E-state index in [0.29, 0.717) is 12.8 Å². The summed E-state index contributed by atoms with van der Waals surface area (Å²) in [6.07, 6.45) is 0.638. The minimum absolute atomic E-state index is 0.204. The number of ether oxygens (including phenoxy) is 1. The molecule has 25 heavy (non-hydrogen) atoms. The van der Waals surface area contributed by atoms with Crippen LogP contribution in [-0.4, -0.2) is 45.3 Å². The zero-order valence-electron chi connectivity index (χ0n) is 13.7. The SMILES string of the molecule is CC(C)OC(=O)C1CCCN1C(=O)c1cc([N+](=O)[O-])cc([N+](=O)[O-])c1. The fourth-order valence-corrected chi connectivity index (χ4v) is 2.66. The number of esters is 1. The van der Waals surface area contributed by atoms with E-state index in [4.69, 9.17) is 4.74 Å². The van der Waals surface area contributed by atoms with E-state index < -0.39 is 39.1 Å². The van der Waals surface area contributed by atoms with Crippen molar-refractivity contribution < 1.29 is 24.2 Å². The van der Waals surface area contributed by atoms with Gasteiger partial charge in [-0.2, -0.15) is 0 Å². The van der Waals surface area contributed by atoms with Gasteiger partial charge in [-0.15, -0.1) is 0 Å². The number of nitrogens with zero attached hydrogens (tertiary/aromatic N) is 3. The van der Waals surface area contributed by atoms with Gasteiger partial charge in [0.05, 0.1) is 27.6 Å². The molecule has 0 radical (unpaired) electrons. The lowest BCUT2D eigenvalue weighted by Gasteiger charge is -2.24. The third-order valence-electron chi connectivity index (χ3n) is 3.71. The van der Waals surface area contributed by atoms with Crippen LogP contribution >= 0.6 is 0 Å². The quantitative estimate of drug-likeness (QED) is 0.450. The number of nitro benzene ring substituents is 2. The summed E-state index contributed by atoms with van der Waals surface area (Å²) >= 11 is 0. The Morgan fingerprint density at radius 2 is 1.72 bits per heavy atom. The highest BCUT2D eigenvalue weighted by Crippen LogP contribution is 2.27. The lowest BCUT2D eigenvalue weighted by atomic mass is 10.1. The van der Waals surface area contributed by atoms with E-state index >= 15 is 0 Å². The van der Waals surface area contributed by atoms with Crippen LogP contribution in [0.25, 0.3) is 0 Å². The summed E-state index contributed by atoms with van der Waals surface area (Å²) < 4.78 is 5.13. The standard InChI is InChI=1S/C15H17N3O7/c1-9(2)25-15(20)13-4-3-5-16(13)14(19)10-6-11(17(21)22)8-12(7-10)18(23)24/h6-9,13H,3-5H2,1-2H3. The van der Waals surface area contributed by atoms with Gasteiger partial charge in [-0.05, 0) is 26.7 Å². The molecule has 1 aliphatic heterocycles. The summed E-state index contributed by atoms with van der Waals surface area (Å²) in [4.78, 5) is 46.3. The van der Waals surface area contributed by atoms with Gasteiger partial charge >= 0.3 is 5.97 Å². The number of amides is 1. The first-order chi connectivity index (χ1) is 11.7. The van der Waals surface area contributed by atoms with E-state index in [1.54, 1.807) is 13.8 Å². The van der Waals surface area contributed by atoms with Crippen molar-refractivity contribution in [1.82, 2.24) is 4.90 Å². The maximum atomic E-state index is 12.7. The predicted molar refractivity (Wildman–Crippen MR) is 85.0 cm³/mol. The van der Waals surface area contributed by atoms with Crippen LogP contribution in [0.4, 0.5) is 11.4 Å². The third kappa shape index (κ3) is 4.08. The van der Waals surface area contributed by atoms with E-state index in [1.807, 2.05) is 0 Å². The van der Waals surface area contributed by atoms with Crippen molar-refractivity contribution in [2.24, 2.45) is 0 Å². The summed E-state index contributed by atoms with van der Waals surface area (Å²) in [5.41, 5.74) is -1.32.